The van der Waals surface area contributed by atoms with Crippen LogP contribution in [-0.4, -0.2) is 107 Å². The molecule has 0 radical (unpaired) electrons. The summed E-state index contributed by atoms with van der Waals surface area (Å²) < 4.78 is 5.31. The normalized spacial score (nSPS) is 29.0. The molecule has 0 aromatic carbocycles. The molecular formula is C25H40N6O3. The number of aryl methyl sites for hydroxylation is 2. The molecule has 0 bridgehead atoms. The molecule has 0 aliphatic carbocycles. The van der Waals surface area contributed by atoms with Gasteiger partial charge in [-0.2, -0.15) is 0 Å². The highest BCUT2D eigenvalue weighted by Crippen LogP contribution is 2.35. The summed E-state index contributed by atoms with van der Waals surface area (Å²) in [6, 6.07) is 0.473. The number of aromatic nitrogens is 1. The number of carbonyl (C=O) groups excluding carboxylic acids is 2. The molecule has 5 heterocycles. The largest absolute Gasteiger partial charge is 0.361 e. The van der Waals surface area contributed by atoms with Gasteiger partial charge in [-0.25, -0.2) is 0 Å². The van der Waals surface area contributed by atoms with E-state index in [2.05, 4.69) is 39.3 Å². The maximum absolute atomic E-state index is 13.4. The maximum Gasteiger partial charge on any atom is 0.243 e. The lowest BCUT2D eigenvalue weighted by Gasteiger charge is -2.41. The van der Waals surface area contributed by atoms with Gasteiger partial charge in [0.05, 0.1) is 17.7 Å². The fourth-order valence-corrected chi connectivity index (χ4v) is 6.51. The van der Waals surface area contributed by atoms with Gasteiger partial charge < -0.3 is 19.6 Å². The van der Waals surface area contributed by atoms with Crippen LogP contribution in [0.2, 0.25) is 0 Å². The van der Waals surface area contributed by atoms with E-state index in [-0.39, 0.29) is 23.9 Å². The van der Waals surface area contributed by atoms with Crippen molar-refractivity contribution < 1.29 is 14.1 Å². The lowest BCUT2D eigenvalue weighted by atomic mass is 9.83. The molecule has 34 heavy (non-hydrogen) atoms. The minimum Gasteiger partial charge on any atom is -0.361 e. The molecule has 188 valence electrons. The second-order valence-electron chi connectivity index (χ2n) is 11.2. The topological polar surface area (TPSA) is 85.2 Å². The van der Waals surface area contributed by atoms with Crippen molar-refractivity contribution in [2.24, 2.45) is 0 Å². The summed E-state index contributed by atoms with van der Waals surface area (Å²) in [5, 5.41) is 7.43. The first kappa shape index (κ1) is 23.8. The molecule has 1 spiro atoms. The van der Waals surface area contributed by atoms with E-state index < -0.39 is 5.54 Å². The van der Waals surface area contributed by atoms with Crippen LogP contribution in [0.5, 0.6) is 0 Å². The Morgan fingerprint density at radius 1 is 1.12 bits per heavy atom. The third-order valence-corrected chi connectivity index (χ3v) is 9.00. The number of rotatable bonds is 4. The predicted octanol–water partition coefficient (Wildman–Crippen LogP) is 1.14. The third-order valence-electron chi connectivity index (χ3n) is 9.00. The van der Waals surface area contributed by atoms with Gasteiger partial charge in [0, 0.05) is 43.8 Å². The van der Waals surface area contributed by atoms with Crippen molar-refractivity contribution in [3.05, 3.63) is 17.0 Å². The molecule has 0 unspecified atom stereocenters. The van der Waals surface area contributed by atoms with E-state index in [0.29, 0.717) is 19.0 Å². The third kappa shape index (κ3) is 4.50. The first-order valence-electron chi connectivity index (χ1n) is 12.9. The summed E-state index contributed by atoms with van der Waals surface area (Å²) in [6.07, 6.45) is 5.07. The van der Waals surface area contributed by atoms with Crippen molar-refractivity contribution in [1.82, 2.24) is 30.1 Å². The van der Waals surface area contributed by atoms with E-state index in [4.69, 9.17) is 4.52 Å². The molecule has 9 heteroatoms. The fraction of sp³-hybridized carbons (Fsp3) is 0.800. The number of amides is 2. The summed E-state index contributed by atoms with van der Waals surface area (Å²) in [5.41, 5.74) is 1.68. The first-order chi connectivity index (χ1) is 16.2. The summed E-state index contributed by atoms with van der Waals surface area (Å²) in [7, 11) is 4.36. The zero-order valence-electron chi connectivity index (χ0n) is 21.2. The number of hydrogen-bond donors (Lipinski definition) is 1. The minimum atomic E-state index is -0.414. The van der Waals surface area contributed by atoms with Crippen LogP contribution in [0.15, 0.2) is 4.52 Å². The van der Waals surface area contributed by atoms with Crippen molar-refractivity contribution in [3.8, 4) is 0 Å². The molecular weight excluding hydrogens is 432 g/mol. The van der Waals surface area contributed by atoms with Gasteiger partial charge in [0.25, 0.3) is 0 Å². The Bertz CT molecular complexity index is 868. The average molecular weight is 473 g/mol. The zero-order chi connectivity index (χ0) is 24.0. The number of likely N-dealkylation sites (tertiary alicyclic amines) is 2. The molecule has 4 saturated heterocycles. The Hall–Kier alpha value is -1.97. The van der Waals surface area contributed by atoms with Gasteiger partial charge in [0.2, 0.25) is 11.8 Å². The van der Waals surface area contributed by atoms with Gasteiger partial charge in [-0.15, -0.1) is 0 Å². The van der Waals surface area contributed by atoms with Crippen molar-refractivity contribution in [1.29, 1.82) is 0 Å². The van der Waals surface area contributed by atoms with Crippen LogP contribution in [0.3, 0.4) is 0 Å². The van der Waals surface area contributed by atoms with Crippen molar-refractivity contribution >= 4 is 11.8 Å². The van der Waals surface area contributed by atoms with E-state index >= 15 is 0 Å². The van der Waals surface area contributed by atoms with Crippen molar-refractivity contribution in [3.63, 3.8) is 0 Å². The van der Waals surface area contributed by atoms with Crippen LogP contribution >= 0.6 is 0 Å². The predicted molar refractivity (Wildman–Crippen MR) is 128 cm³/mol. The number of likely N-dealkylation sites (N-methyl/N-ethyl adjacent to an activating group) is 1. The molecule has 5 rings (SSSR count). The molecule has 4 fully saturated rings. The smallest absolute Gasteiger partial charge is 0.243 e. The highest BCUT2D eigenvalue weighted by atomic mass is 16.5. The fourth-order valence-electron chi connectivity index (χ4n) is 6.51. The Balaban J connectivity index is 1.20. The van der Waals surface area contributed by atoms with Gasteiger partial charge in [-0.3, -0.25) is 19.4 Å². The Morgan fingerprint density at radius 3 is 2.47 bits per heavy atom. The van der Waals surface area contributed by atoms with Crippen molar-refractivity contribution in [2.75, 3.05) is 46.8 Å². The van der Waals surface area contributed by atoms with E-state index in [0.717, 1.165) is 81.8 Å². The van der Waals surface area contributed by atoms with E-state index in [1.165, 1.54) is 0 Å². The van der Waals surface area contributed by atoms with Crippen LogP contribution < -0.4 is 5.32 Å². The Morgan fingerprint density at radius 2 is 1.82 bits per heavy atom. The van der Waals surface area contributed by atoms with Crippen LogP contribution in [0.25, 0.3) is 0 Å². The SMILES string of the molecule is Cc1noc(C)c1CN1CCC2(CC1)CC(=O)N1C[C@@H](N(C)C3CCN(C)CC3)C[C@H]1C(=O)N2. The minimum absolute atomic E-state index is 0.0456. The second kappa shape index (κ2) is 9.24. The summed E-state index contributed by atoms with van der Waals surface area (Å²) in [5.74, 6) is 1.06. The van der Waals surface area contributed by atoms with Gasteiger partial charge in [-0.05, 0) is 73.1 Å². The van der Waals surface area contributed by atoms with Gasteiger partial charge in [0.15, 0.2) is 0 Å². The maximum atomic E-state index is 13.4. The van der Waals surface area contributed by atoms with Crippen LogP contribution in [0.4, 0.5) is 0 Å². The van der Waals surface area contributed by atoms with E-state index in [1.54, 1.807) is 0 Å². The van der Waals surface area contributed by atoms with Crippen LogP contribution in [-0.2, 0) is 16.1 Å². The second-order valence-corrected chi connectivity index (χ2v) is 11.2. The number of piperidine rings is 2. The summed E-state index contributed by atoms with van der Waals surface area (Å²) in [4.78, 5) is 35.9. The molecule has 1 aromatic rings. The van der Waals surface area contributed by atoms with Crippen LogP contribution in [0.1, 0.15) is 55.5 Å². The number of fused-ring (bicyclic) bond motifs is 1. The van der Waals surface area contributed by atoms with Gasteiger partial charge in [0.1, 0.15) is 11.8 Å². The molecule has 2 atom stereocenters. The summed E-state index contributed by atoms with van der Waals surface area (Å²) >= 11 is 0. The van der Waals surface area contributed by atoms with E-state index in [9.17, 15) is 9.59 Å². The molecule has 1 N–H and O–H groups in total. The Kier molecular flexibility index (Phi) is 6.46. The Labute approximate surface area is 202 Å². The molecule has 0 saturated carbocycles. The standard InChI is InChI=1S/C25H40N6O3/c1-17-21(18(2)34-27-17)16-30-11-7-25(8-12-30)14-23(32)31-15-20(13-22(31)24(33)26-25)29(4)19-5-9-28(3)10-6-19/h19-20,22H,5-16H2,1-4H3,(H,26,33)/t20-,22-/m0/s1. The first-order valence-corrected chi connectivity index (χ1v) is 12.9. The quantitative estimate of drug-likeness (QED) is 0.703. The molecule has 9 nitrogen and oxygen atoms in total. The molecule has 1 aromatic heterocycles. The molecule has 4 aliphatic rings. The lowest BCUT2D eigenvalue weighted by molar-refractivity contribution is -0.135. The summed E-state index contributed by atoms with van der Waals surface area (Å²) in [6.45, 7) is 9.34. The number of hydrogen-bond acceptors (Lipinski definition) is 7. The zero-order valence-corrected chi connectivity index (χ0v) is 21.2. The lowest BCUT2D eigenvalue weighted by Crippen LogP contribution is -2.56. The number of nitrogens with zero attached hydrogens (tertiary/aromatic N) is 5. The van der Waals surface area contributed by atoms with Gasteiger partial charge in [-0.1, -0.05) is 5.16 Å². The van der Waals surface area contributed by atoms with Crippen LogP contribution in [0, 0.1) is 13.8 Å². The average Bonchev–Trinajstić information content (AvgIpc) is 3.38. The monoisotopic (exact) mass is 472 g/mol. The number of nitrogens with one attached hydrogen (secondary N) is 1. The van der Waals surface area contributed by atoms with E-state index in [1.807, 2.05) is 18.7 Å². The van der Waals surface area contributed by atoms with Crippen molar-refractivity contribution in [2.45, 2.75) is 82.6 Å². The molecule has 4 aliphatic heterocycles. The highest BCUT2D eigenvalue weighted by molar-refractivity contribution is 5.92. The molecule has 2 amide bonds. The number of carbonyl (C=O) groups is 2. The highest BCUT2D eigenvalue weighted by Gasteiger charge is 2.49. The van der Waals surface area contributed by atoms with Gasteiger partial charge >= 0.3 is 0 Å².